The minimum Gasteiger partial charge on any atom is -0.368 e. The van der Waals surface area contributed by atoms with Crippen molar-refractivity contribution < 1.29 is 14.6 Å². The van der Waals surface area contributed by atoms with Crippen LogP contribution in [0.5, 0.6) is 0 Å². The molecule has 16 heavy (non-hydrogen) atoms. The van der Waals surface area contributed by atoms with E-state index in [1.54, 1.807) is 0 Å². The predicted octanol–water partition coefficient (Wildman–Crippen LogP) is -1.02. The van der Waals surface area contributed by atoms with Crippen molar-refractivity contribution >= 4 is 6.29 Å². The highest BCUT2D eigenvalue weighted by Gasteiger charge is 2.25. The molecule has 2 rings (SSSR count). The SMILES string of the molecule is O=Cc1cn(C2CC[C@@H](O)O2)c(=O)[nH]c1=O. The lowest BCUT2D eigenvalue weighted by Crippen LogP contribution is -2.34. The molecular formula is C9H10N2O5. The molecule has 1 saturated heterocycles. The number of hydrogen-bond donors (Lipinski definition) is 2. The zero-order valence-electron chi connectivity index (χ0n) is 8.25. The van der Waals surface area contributed by atoms with Crippen LogP contribution >= 0.6 is 0 Å². The number of aliphatic hydroxyl groups excluding tert-OH is 1. The summed E-state index contributed by atoms with van der Waals surface area (Å²) in [6.07, 6.45) is 0.802. The molecule has 7 heteroatoms. The van der Waals surface area contributed by atoms with Gasteiger partial charge in [0.2, 0.25) is 0 Å². The van der Waals surface area contributed by atoms with Crippen LogP contribution in [0.1, 0.15) is 29.4 Å². The molecule has 1 aliphatic heterocycles. The van der Waals surface area contributed by atoms with Gasteiger partial charge in [-0.2, -0.15) is 0 Å². The lowest BCUT2D eigenvalue weighted by Gasteiger charge is -2.13. The van der Waals surface area contributed by atoms with Crippen LogP contribution in [0.2, 0.25) is 0 Å². The van der Waals surface area contributed by atoms with Crippen LogP contribution in [0.4, 0.5) is 0 Å². The van der Waals surface area contributed by atoms with Crippen molar-refractivity contribution in [2.45, 2.75) is 25.4 Å². The summed E-state index contributed by atoms with van der Waals surface area (Å²) in [5.41, 5.74) is -1.53. The van der Waals surface area contributed by atoms with Crippen LogP contribution in [-0.2, 0) is 4.74 Å². The van der Waals surface area contributed by atoms with Gasteiger partial charge >= 0.3 is 5.69 Å². The fraction of sp³-hybridized carbons (Fsp3) is 0.444. The number of nitrogens with one attached hydrogen (secondary N) is 1. The van der Waals surface area contributed by atoms with Gasteiger partial charge in [0.25, 0.3) is 5.56 Å². The van der Waals surface area contributed by atoms with Gasteiger partial charge in [-0.15, -0.1) is 0 Å². The second-order valence-electron chi connectivity index (χ2n) is 3.49. The van der Waals surface area contributed by atoms with Crippen LogP contribution in [0.25, 0.3) is 0 Å². The summed E-state index contributed by atoms with van der Waals surface area (Å²) in [6.45, 7) is 0. The van der Waals surface area contributed by atoms with Crippen LogP contribution in [-0.4, -0.2) is 27.2 Å². The molecule has 0 spiro atoms. The van der Waals surface area contributed by atoms with Gasteiger partial charge in [0, 0.05) is 12.6 Å². The monoisotopic (exact) mass is 226 g/mol. The largest absolute Gasteiger partial charge is 0.368 e. The average Bonchev–Trinajstić information content (AvgIpc) is 2.65. The van der Waals surface area contributed by atoms with E-state index >= 15 is 0 Å². The topological polar surface area (TPSA) is 101 Å². The third-order valence-electron chi connectivity index (χ3n) is 2.41. The lowest BCUT2D eigenvalue weighted by molar-refractivity contribution is -0.113. The normalized spacial score (nSPS) is 24.6. The smallest absolute Gasteiger partial charge is 0.330 e. The zero-order valence-corrected chi connectivity index (χ0v) is 8.25. The molecule has 0 radical (unpaired) electrons. The first-order valence-electron chi connectivity index (χ1n) is 4.76. The Labute approximate surface area is 89.3 Å². The number of rotatable bonds is 2. The van der Waals surface area contributed by atoms with Gasteiger partial charge in [-0.1, -0.05) is 0 Å². The van der Waals surface area contributed by atoms with Crippen LogP contribution in [0.15, 0.2) is 15.8 Å². The van der Waals surface area contributed by atoms with Gasteiger partial charge in [0.15, 0.2) is 12.6 Å². The van der Waals surface area contributed by atoms with E-state index in [9.17, 15) is 14.4 Å². The summed E-state index contributed by atoms with van der Waals surface area (Å²) in [6, 6.07) is 0. The highest BCUT2D eigenvalue weighted by atomic mass is 16.6. The van der Waals surface area contributed by atoms with Gasteiger partial charge < -0.3 is 9.84 Å². The lowest BCUT2D eigenvalue weighted by atomic mass is 10.3. The number of aromatic amines is 1. The van der Waals surface area contributed by atoms with Gasteiger partial charge in [0.05, 0.1) is 5.56 Å². The second-order valence-corrected chi connectivity index (χ2v) is 3.49. The maximum absolute atomic E-state index is 11.4. The molecule has 0 aromatic carbocycles. The number of carbonyl (C=O) groups is 1. The summed E-state index contributed by atoms with van der Waals surface area (Å²) in [7, 11) is 0. The van der Waals surface area contributed by atoms with Gasteiger partial charge in [0.1, 0.15) is 6.23 Å². The van der Waals surface area contributed by atoms with E-state index < -0.39 is 23.8 Å². The third-order valence-corrected chi connectivity index (χ3v) is 2.41. The maximum atomic E-state index is 11.4. The molecule has 0 amide bonds. The summed E-state index contributed by atoms with van der Waals surface area (Å²) in [5.74, 6) is 0. The molecule has 2 heterocycles. The van der Waals surface area contributed by atoms with Crippen molar-refractivity contribution in [2.24, 2.45) is 0 Å². The first-order valence-corrected chi connectivity index (χ1v) is 4.76. The molecule has 1 fully saturated rings. The minimum absolute atomic E-state index is 0.149. The summed E-state index contributed by atoms with van der Waals surface area (Å²) >= 11 is 0. The Balaban J connectivity index is 2.45. The van der Waals surface area contributed by atoms with E-state index in [2.05, 4.69) is 0 Å². The average molecular weight is 226 g/mol. The number of aldehydes is 1. The van der Waals surface area contributed by atoms with Gasteiger partial charge in [-0.3, -0.25) is 19.1 Å². The molecule has 2 atom stereocenters. The van der Waals surface area contributed by atoms with E-state index in [0.717, 1.165) is 10.8 Å². The molecule has 1 aromatic heterocycles. The van der Waals surface area contributed by atoms with Gasteiger partial charge in [-0.25, -0.2) is 4.79 Å². The van der Waals surface area contributed by atoms with Crippen molar-refractivity contribution in [2.75, 3.05) is 0 Å². The third kappa shape index (κ3) is 1.82. The van der Waals surface area contributed by atoms with E-state index in [4.69, 9.17) is 9.84 Å². The first-order chi connectivity index (χ1) is 7.61. The highest BCUT2D eigenvalue weighted by Crippen LogP contribution is 2.24. The summed E-state index contributed by atoms with van der Waals surface area (Å²) in [4.78, 5) is 35.1. The van der Waals surface area contributed by atoms with Gasteiger partial charge in [-0.05, 0) is 6.42 Å². The maximum Gasteiger partial charge on any atom is 0.330 e. The highest BCUT2D eigenvalue weighted by molar-refractivity contribution is 5.73. The summed E-state index contributed by atoms with van der Waals surface area (Å²) < 4.78 is 6.15. The first kappa shape index (κ1) is 10.8. The number of hydrogen-bond acceptors (Lipinski definition) is 5. The van der Waals surface area contributed by atoms with Crippen molar-refractivity contribution in [3.05, 3.63) is 32.6 Å². The molecule has 2 N–H and O–H groups in total. The molecule has 0 aliphatic carbocycles. The Morgan fingerprint density at radius 1 is 1.50 bits per heavy atom. The van der Waals surface area contributed by atoms with Crippen molar-refractivity contribution in [1.29, 1.82) is 0 Å². The fourth-order valence-corrected chi connectivity index (χ4v) is 1.61. The molecule has 1 aromatic rings. The van der Waals surface area contributed by atoms with Crippen LogP contribution in [0, 0.1) is 0 Å². The zero-order chi connectivity index (χ0) is 11.7. The Morgan fingerprint density at radius 3 is 2.81 bits per heavy atom. The number of aliphatic hydroxyl groups is 1. The number of nitrogens with zero attached hydrogens (tertiary/aromatic N) is 1. The number of H-pyrrole nitrogens is 1. The van der Waals surface area contributed by atoms with Crippen LogP contribution < -0.4 is 11.2 Å². The van der Waals surface area contributed by atoms with Crippen molar-refractivity contribution in [1.82, 2.24) is 9.55 Å². The second kappa shape index (κ2) is 4.03. The van der Waals surface area contributed by atoms with E-state index in [-0.39, 0.29) is 5.56 Å². The summed E-state index contributed by atoms with van der Waals surface area (Å²) in [5, 5.41) is 9.15. The Morgan fingerprint density at radius 2 is 2.25 bits per heavy atom. The molecule has 86 valence electrons. The molecule has 1 unspecified atom stereocenters. The van der Waals surface area contributed by atoms with E-state index in [1.165, 1.54) is 0 Å². The van der Waals surface area contributed by atoms with Crippen molar-refractivity contribution in [3.63, 3.8) is 0 Å². The number of ether oxygens (including phenoxy) is 1. The number of aromatic nitrogens is 2. The standard InChI is InChI=1S/C9H10N2O5/c12-4-5-3-11(9(15)10-8(5)14)6-1-2-7(13)16-6/h3-4,6-7,13H,1-2H2,(H,10,14,15)/t6?,7-/m0/s1. The molecular weight excluding hydrogens is 216 g/mol. The molecule has 7 nitrogen and oxygen atoms in total. The minimum atomic E-state index is -0.913. The Kier molecular flexibility index (Phi) is 2.71. The van der Waals surface area contributed by atoms with E-state index in [0.29, 0.717) is 19.1 Å². The molecule has 0 bridgehead atoms. The predicted molar refractivity (Wildman–Crippen MR) is 52.1 cm³/mol. The van der Waals surface area contributed by atoms with E-state index in [1.807, 2.05) is 4.98 Å². The Bertz CT molecular complexity index is 517. The quantitative estimate of drug-likeness (QED) is 0.628. The van der Waals surface area contributed by atoms with Crippen LogP contribution in [0.3, 0.4) is 0 Å². The molecule has 1 aliphatic rings. The molecule has 0 saturated carbocycles. The fourth-order valence-electron chi connectivity index (χ4n) is 1.61. The van der Waals surface area contributed by atoms with Crippen molar-refractivity contribution in [3.8, 4) is 0 Å². The Hall–Kier alpha value is -1.73. The number of carbonyl (C=O) groups excluding carboxylic acids is 1.